The maximum Gasteiger partial charge on any atom is 0.469 e. The van der Waals surface area contributed by atoms with Crippen molar-refractivity contribution in [1.82, 2.24) is 0 Å². The quantitative estimate of drug-likeness (QED) is 0.120. The first kappa shape index (κ1) is 30.2. The van der Waals surface area contributed by atoms with Crippen LogP contribution in [-0.2, 0) is 9.09 Å². The van der Waals surface area contributed by atoms with Gasteiger partial charge in [0.2, 0.25) is 0 Å². The number of hydrogen-bond donors (Lipinski definition) is 2. The first-order valence-electron chi connectivity index (χ1n) is 13.4. The second-order valence-corrected chi connectivity index (χ2v) is 10.5. The largest absolute Gasteiger partial charge is 0.491 e. The molecule has 0 saturated heterocycles. The Hall–Kier alpha value is -0.870. The van der Waals surface area contributed by atoms with Gasteiger partial charge in [-0.15, -0.1) is 0 Å². The van der Waals surface area contributed by atoms with E-state index >= 15 is 0 Å². The maximum atomic E-state index is 11.3. The third-order valence-corrected chi connectivity index (χ3v) is 6.67. The summed E-state index contributed by atoms with van der Waals surface area (Å²) in [5.41, 5.74) is 0. The van der Waals surface area contributed by atoms with E-state index in [9.17, 15) is 4.57 Å². The van der Waals surface area contributed by atoms with Crippen molar-refractivity contribution in [3.8, 4) is 5.75 Å². The molecule has 0 radical (unpaired) electrons. The number of benzene rings is 1. The Morgan fingerprint density at radius 3 is 1.55 bits per heavy atom. The minimum absolute atomic E-state index is 0.147. The average Bonchev–Trinajstić information content (AvgIpc) is 2.79. The van der Waals surface area contributed by atoms with E-state index in [1.54, 1.807) is 0 Å². The van der Waals surface area contributed by atoms with Gasteiger partial charge < -0.3 is 14.5 Å². The third-order valence-electron chi connectivity index (χ3n) is 6.10. The van der Waals surface area contributed by atoms with E-state index in [4.69, 9.17) is 19.0 Å². The molecule has 5 nitrogen and oxygen atoms in total. The van der Waals surface area contributed by atoms with Gasteiger partial charge in [0.1, 0.15) is 18.5 Å². The van der Waals surface area contributed by atoms with Crippen LogP contribution in [-0.4, -0.2) is 22.5 Å². The lowest BCUT2D eigenvalue weighted by atomic mass is 10.0. The summed E-state index contributed by atoms with van der Waals surface area (Å²) in [6.07, 6.45) is 22.3. The molecular weight excluding hydrogens is 435 g/mol. The van der Waals surface area contributed by atoms with Gasteiger partial charge in [-0.25, -0.2) is 4.57 Å². The molecular formula is C27H49O5P. The Kier molecular flexibility index (Phi) is 18.7. The highest BCUT2D eigenvalue weighted by Gasteiger charge is 2.22. The van der Waals surface area contributed by atoms with Crippen molar-refractivity contribution in [3.63, 3.8) is 0 Å². The van der Waals surface area contributed by atoms with Crippen LogP contribution in [0, 0.1) is 0 Å². The molecule has 0 aliphatic carbocycles. The highest BCUT2D eigenvalue weighted by atomic mass is 31.2. The van der Waals surface area contributed by atoms with Crippen LogP contribution < -0.4 is 4.74 Å². The number of unbranched alkanes of at least 4 members (excludes halogenated alkanes) is 16. The summed E-state index contributed by atoms with van der Waals surface area (Å²) in [6.45, 7) is 2.42. The standard InChI is InChI=1S/C27H49O5P/c1-2-3-4-5-6-7-8-9-10-11-12-13-14-15-16-17-19-24-27(32-33(28,29)30)25-31-26-22-20-18-21-23-26/h18,20-23,27H,2-17,19,24-25H2,1H3,(H2,28,29,30). The lowest BCUT2D eigenvalue weighted by molar-refractivity contribution is 0.0818. The van der Waals surface area contributed by atoms with Crippen LogP contribution in [0.3, 0.4) is 0 Å². The van der Waals surface area contributed by atoms with Gasteiger partial charge in [0.05, 0.1) is 0 Å². The maximum absolute atomic E-state index is 11.3. The molecule has 0 spiro atoms. The second kappa shape index (κ2) is 20.5. The molecule has 0 heterocycles. The van der Waals surface area contributed by atoms with E-state index in [0.29, 0.717) is 12.2 Å². The smallest absolute Gasteiger partial charge is 0.469 e. The number of rotatable bonds is 23. The van der Waals surface area contributed by atoms with Gasteiger partial charge in [-0.1, -0.05) is 134 Å². The minimum atomic E-state index is -4.52. The summed E-state index contributed by atoms with van der Waals surface area (Å²) < 4.78 is 21.8. The molecule has 6 heteroatoms. The molecule has 0 aromatic heterocycles. The predicted molar refractivity (Wildman–Crippen MR) is 138 cm³/mol. The Morgan fingerprint density at radius 1 is 0.697 bits per heavy atom. The van der Waals surface area contributed by atoms with Crippen LogP contribution in [0.5, 0.6) is 5.75 Å². The molecule has 0 aliphatic heterocycles. The van der Waals surface area contributed by atoms with E-state index in [1.165, 1.54) is 96.3 Å². The Bertz CT molecular complexity index is 589. The molecule has 2 N–H and O–H groups in total. The monoisotopic (exact) mass is 484 g/mol. The number of para-hydroxylation sites is 1. The topological polar surface area (TPSA) is 76.0 Å². The molecule has 192 valence electrons. The van der Waals surface area contributed by atoms with E-state index in [-0.39, 0.29) is 6.61 Å². The van der Waals surface area contributed by atoms with Crippen LogP contribution in [0.2, 0.25) is 0 Å². The normalized spacial score (nSPS) is 12.7. The molecule has 0 saturated carbocycles. The predicted octanol–water partition coefficient (Wildman–Crippen LogP) is 8.59. The Balaban J connectivity index is 1.95. The Morgan fingerprint density at radius 2 is 1.12 bits per heavy atom. The van der Waals surface area contributed by atoms with E-state index in [1.807, 2.05) is 30.3 Å². The number of hydrogen-bond acceptors (Lipinski definition) is 3. The van der Waals surface area contributed by atoms with Crippen LogP contribution in [0.25, 0.3) is 0 Å². The first-order chi connectivity index (χ1) is 16.0. The zero-order valence-corrected chi connectivity index (χ0v) is 21.9. The fourth-order valence-corrected chi connectivity index (χ4v) is 4.72. The van der Waals surface area contributed by atoms with Gasteiger partial charge in [-0.2, -0.15) is 0 Å². The summed E-state index contributed by atoms with van der Waals surface area (Å²) in [7, 11) is -4.52. The average molecular weight is 485 g/mol. The molecule has 0 bridgehead atoms. The SMILES string of the molecule is CCCCCCCCCCCCCCCCCCCC(COc1ccccc1)OP(=O)(O)O. The van der Waals surface area contributed by atoms with Crippen molar-refractivity contribution in [2.45, 2.75) is 129 Å². The van der Waals surface area contributed by atoms with Crippen molar-refractivity contribution in [2.75, 3.05) is 6.61 Å². The molecule has 1 aromatic carbocycles. The first-order valence-corrected chi connectivity index (χ1v) is 15.0. The van der Waals surface area contributed by atoms with Gasteiger partial charge >= 0.3 is 7.82 Å². The van der Waals surface area contributed by atoms with Crippen molar-refractivity contribution in [2.24, 2.45) is 0 Å². The number of ether oxygens (including phenoxy) is 1. The molecule has 1 unspecified atom stereocenters. The van der Waals surface area contributed by atoms with Crippen molar-refractivity contribution in [3.05, 3.63) is 30.3 Å². The lowest BCUT2D eigenvalue weighted by Gasteiger charge is -2.18. The van der Waals surface area contributed by atoms with Gasteiger partial charge in [-0.3, -0.25) is 4.52 Å². The number of phosphoric ester groups is 1. The number of phosphoric acid groups is 1. The molecule has 1 aromatic rings. The summed E-state index contributed by atoms with van der Waals surface area (Å²) in [6, 6.07) is 9.28. The summed E-state index contributed by atoms with van der Waals surface area (Å²) in [5.74, 6) is 0.680. The van der Waals surface area contributed by atoms with E-state index in [2.05, 4.69) is 6.92 Å². The van der Waals surface area contributed by atoms with Crippen molar-refractivity contribution < 1.29 is 23.6 Å². The third kappa shape index (κ3) is 20.2. The van der Waals surface area contributed by atoms with Crippen molar-refractivity contribution in [1.29, 1.82) is 0 Å². The lowest BCUT2D eigenvalue weighted by Crippen LogP contribution is -2.20. The summed E-state index contributed by atoms with van der Waals surface area (Å²) >= 11 is 0. The van der Waals surface area contributed by atoms with Crippen LogP contribution >= 0.6 is 7.82 Å². The van der Waals surface area contributed by atoms with Gasteiger partial charge in [-0.05, 0) is 18.6 Å². The van der Waals surface area contributed by atoms with Gasteiger partial charge in [0.15, 0.2) is 0 Å². The molecule has 0 amide bonds. The van der Waals surface area contributed by atoms with E-state index in [0.717, 1.165) is 12.8 Å². The molecule has 0 aliphatic rings. The zero-order chi connectivity index (χ0) is 24.0. The summed E-state index contributed by atoms with van der Waals surface area (Å²) in [4.78, 5) is 18.3. The van der Waals surface area contributed by atoms with Crippen LogP contribution in [0.1, 0.15) is 122 Å². The van der Waals surface area contributed by atoms with Crippen LogP contribution in [0.4, 0.5) is 0 Å². The van der Waals surface area contributed by atoms with Gasteiger partial charge in [0.25, 0.3) is 0 Å². The van der Waals surface area contributed by atoms with Gasteiger partial charge in [0, 0.05) is 0 Å². The molecule has 0 fully saturated rings. The molecule has 1 rings (SSSR count). The summed E-state index contributed by atoms with van der Waals surface area (Å²) in [5, 5.41) is 0. The van der Waals surface area contributed by atoms with Crippen molar-refractivity contribution >= 4 is 7.82 Å². The highest BCUT2D eigenvalue weighted by molar-refractivity contribution is 7.46. The molecule has 33 heavy (non-hydrogen) atoms. The Labute approximate surface area is 202 Å². The fourth-order valence-electron chi connectivity index (χ4n) is 4.16. The fraction of sp³-hybridized carbons (Fsp3) is 0.778. The second-order valence-electron chi connectivity index (χ2n) is 9.29. The minimum Gasteiger partial charge on any atom is -0.491 e. The highest BCUT2D eigenvalue weighted by Crippen LogP contribution is 2.38. The molecule has 1 atom stereocenters. The van der Waals surface area contributed by atoms with E-state index < -0.39 is 13.9 Å². The van der Waals surface area contributed by atoms with Crippen LogP contribution in [0.15, 0.2) is 30.3 Å². The zero-order valence-electron chi connectivity index (χ0n) is 21.0.